The van der Waals surface area contributed by atoms with Gasteiger partial charge in [0.15, 0.2) is 5.84 Å². The van der Waals surface area contributed by atoms with Crippen molar-refractivity contribution >= 4 is 23.1 Å². The van der Waals surface area contributed by atoms with E-state index < -0.39 is 5.41 Å². The maximum Gasteiger partial charge on any atom is 0.234 e. The van der Waals surface area contributed by atoms with Crippen LogP contribution >= 0.6 is 11.3 Å². The van der Waals surface area contributed by atoms with Crippen molar-refractivity contribution in [3.8, 4) is 0 Å². The molecule has 0 fully saturated rings. The fraction of sp³-hybridized carbons (Fsp3) is 0.600. The molecule has 1 rings (SSSR count). The first-order chi connectivity index (χ1) is 10.0. The summed E-state index contributed by atoms with van der Waals surface area (Å²) in [4.78, 5) is 13.9. The molecule has 1 atom stereocenters. The molecule has 0 saturated heterocycles. The Morgan fingerprint density at radius 1 is 1.48 bits per heavy atom. The SMILES string of the molecule is CCCC(CCC)(C(=O)NC(C)c1cccs1)C(N)=NO. The molecule has 0 bridgehead atoms. The van der Waals surface area contributed by atoms with Crippen LogP contribution in [0.2, 0.25) is 0 Å². The Labute approximate surface area is 130 Å². The summed E-state index contributed by atoms with van der Waals surface area (Å²) in [6.45, 7) is 5.93. The van der Waals surface area contributed by atoms with Crippen LogP contribution in [-0.4, -0.2) is 17.0 Å². The lowest BCUT2D eigenvalue weighted by Gasteiger charge is -2.32. The highest BCUT2D eigenvalue weighted by Crippen LogP contribution is 2.32. The number of amides is 1. The first-order valence-electron chi connectivity index (χ1n) is 7.34. The number of carbonyl (C=O) groups is 1. The Morgan fingerprint density at radius 2 is 2.10 bits per heavy atom. The van der Waals surface area contributed by atoms with Gasteiger partial charge in [-0.25, -0.2) is 0 Å². The van der Waals surface area contributed by atoms with E-state index in [9.17, 15) is 4.79 Å². The largest absolute Gasteiger partial charge is 0.409 e. The highest BCUT2D eigenvalue weighted by atomic mass is 32.1. The van der Waals surface area contributed by atoms with Gasteiger partial charge >= 0.3 is 0 Å². The lowest BCUT2D eigenvalue weighted by molar-refractivity contribution is -0.129. The standard InChI is InChI=1S/C15H25N3O2S/c1-4-8-15(9-5-2,13(16)18-20)14(19)17-11(3)12-7-6-10-21-12/h6-7,10-11,20H,4-5,8-9H2,1-3H3,(H2,16,18)(H,17,19). The monoisotopic (exact) mass is 311 g/mol. The van der Waals surface area contributed by atoms with Crippen LogP contribution in [0.25, 0.3) is 0 Å². The van der Waals surface area contributed by atoms with E-state index in [1.807, 2.05) is 38.3 Å². The first-order valence-corrected chi connectivity index (χ1v) is 8.22. The third kappa shape index (κ3) is 3.97. The summed E-state index contributed by atoms with van der Waals surface area (Å²) < 4.78 is 0. The van der Waals surface area contributed by atoms with Crippen LogP contribution in [0.15, 0.2) is 22.7 Å². The number of nitrogens with one attached hydrogen (secondary N) is 1. The Morgan fingerprint density at radius 3 is 2.52 bits per heavy atom. The minimum absolute atomic E-state index is 0.00193. The van der Waals surface area contributed by atoms with Crippen molar-refractivity contribution in [2.24, 2.45) is 16.3 Å². The van der Waals surface area contributed by atoms with Crippen molar-refractivity contribution < 1.29 is 10.0 Å². The van der Waals surface area contributed by atoms with Gasteiger partial charge in [-0.2, -0.15) is 0 Å². The van der Waals surface area contributed by atoms with Gasteiger partial charge in [0.2, 0.25) is 5.91 Å². The van der Waals surface area contributed by atoms with Crippen LogP contribution in [0.4, 0.5) is 0 Å². The van der Waals surface area contributed by atoms with Crippen molar-refractivity contribution in [2.75, 3.05) is 0 Å². The van der Waals surface area contributed by atoms with Crippen molar-refractivity contribution in [1.82, 2.24) is 5.32 Å². The van der Waals surface area contributed by atoms with Gasteiger partial charge in [0, 0.05) is 4.88 Å². The molecular weight excluding hydrogens is 286 g/mol. The van der Waals surface area contributed by atoms with Gasteiger partial charge < -0.3 is 16.3 Å². The van der Waals surface area contributed by atoms with E-state index in [-0.39, 0.29) is 17.8 Å². The fourth-order valence-electron chi connectivity index (χ4n) is 2.62. The number of carbonyl (C=O) groups excluding carboxylic acids is 1. The number of oxime groups is 1. The van der Waals surface area contributed by atoms with Crippen LogP contribution < -0.4 is 11.1 Å². The summed E-state index contributed by atoms with van der Waals surface area (Å²) in [5.74, 6) is -0.163. The number of nitrogens with two attached hydrogens (primary N) is 1. The van der Waals surface area contributed by atoms with Gasteiger partial charge in [-0.1, -0.05) is 37.9 Å². The zero-order valence-electron chi connectivity index (χ0n) is 12.9. The molecule has 21 heavy (non-hydrogen) atoms. The predicted octanol–water partition coefficient (Wildman–Crippen LogP) is 3.26. The Bertz CT molecular complexity index is 465. The van der Waals surface area contributed by atoms with Crippen molar-refractivity contribution in [3.05, 3.63) is 22.4 Å². The van der Waals surface area contributed by atoms with Gasteiger partial charge in [0.1, 0.15) is 5.41 Å². The summed E-state index contributed by atoms with van der Waals surface area (Å²) in [6.07, 6.45) is 2.72. The van der Waals surface area contributed by atoms with E-state index in [0.717, 1.165) is 17.7 Å². The maximum atomic E-state index is 12.8. The molecule has 0 aliphatic rings. The average Bonchev–Trinajstić information content (AvgIpc) is 3.00. The number of rotatable bonds is 8. The highest BCUT2D eigenvalue weighted by molar-refractivity contribution is 7.10. The van der Waals surface area contributed by atoms with E-state index in [1.165, 1.54) is 0 Å². The van der Waals surface area contributed by atoms with E-state index in [1.54, 1.807) is 11.3 Å². The van der Waals surface area contributed by atoms with Crippen molar-refractivity contribution in [3.63, 3.8) is 0 Å². The van der Waals surface area contributed by atoms with Crippen LogP contribution in [-0.2, 0) is 4.79 Å². The Kier molecular flexibility index (Phi) is 6.68. The summed E-state index contributed by atoms with van der Waals surface area (Å²) >= 11 is 1.60. The predicted molar refractivity (Wildman–Crippen MR) is 86.5 cm³/mol. The minimum atomic E-state index is -0.927. The molecule has 0 saturated carbocycles. The highest BCUT2D eigenvalue weighted by Gasteiger charge is 2.41. The fourth-order valence-corrected chi connectivity index (χ4v) is 3.35. The van der Waals surface area contributed by atoms with Gasteiger partial charge in [0.05, 0.1) is 6.04 Å². The van der Waals surface area contributed by atoms with E-state index >= 15 is 0 Å². The molecule has 0 aromatic carbocycles. The van der Waals surface area contributed by atoms with Gasteiger partial charge in [0.25, 0.3) is 0 Å². The van der Waals surface area contributed by atoms with E-state index in [2.05, 4.69) is 10.5 Å². The molecular formula is C15H25N3O2S. The molecule has 0 radical (unpaired) electrons. The molecule has 1 aromatic heterocycles. The summed E-state index contributed by atoms with van der Waals surface area (Å²) in [6, 6.07) is 3.86. The van der Waals surface area contributed by atoms with Crippen LogP contribution in [0.5, 0.6) is 0 Å². The Balaban J connectivity index is 2.98. The summed E-state index contributed by atoms with van der Waals surface area (Å²) in [7, 11) is 0. The zero-order valence-corrected chi connectivity index (χ0v) is 13.7. The van der Waals surface area contributed by atoms with Gasteiger partial charge in [-0.05, 0) is 31.2 Å². The normalized spacial score (nSPS) is 14.0. The molecule has 1 unspecified atom stereocenters. The smallest absolute Gasteiger partial charge is 0.234 e. The molecule has 0 spiro atoms. The van der Waals surface area contributed by atoms with Gasteiger partial charge in [-0.3, -0.25) is 4.79 Å². The summed E-state index contributed by atoms with van der Waals surface area (Å²) in [5.41, 5.74) is 4.93. The van der Waals surface area contributed by atoms with E-state index in [0.29, 0.717) is 12.8 Å². The number of amidine groups is 1. The molecule has 1 amide bonds. The molecule has 5 nitrogen and oxygen atoms in total. The molecule has 4 N–H and O–H groups in total. The van der Waals surface area contributed by atoms with Crippen molar-refractivity contribution in [2.45, 2.75) is 52.5 Å². The first kappa shape index (κ1) is 17.5. The molecule has 1 aromatic rings. The zero-order chi connectivity index (χ0) is 15.9. The van der Waals surface area contributed by atoms with Crippen LogP contribution in [0, 0.1) is 5.41 Å². The van der Waals surface area contributed by atoms with Crippen molar-refractivity contribution in [1.29, 1.82) is 0 Å². The second kappa shape index (κ2) is 8.02. The molecule has 118 valence electrons. The second-order valence-corrected chi connectivity index (χ2v) is 6.26. The third-order valence-electron chi connectivity index (χ3n) is 3.70. The maximum absolute atomic E-state index is 12.8. The second-order valence-electron chi connectivity index (χ2n) is 5.28. The van der Waals surface area contributed by atoms with E-state index in [4.69, 9.17) is 10.9 Å². The lowest BCUT2D eigenvalue weighted by atomic mass is 9.77. The third-order valence-corrected chi connectivity index (χ3v) is 4.76. The average molecular weight is 311 g/mol. The number of thiophene rings is 1. The molecule has 1 heterocycles. The number of hydrogen-bond donors (Lipinski definition) is 3. The van der Waals surface area contributed by atoms with Crippen LogP contribution in [0.1, 0.15) is 57.4 Å². The minimum Gasteiger partial charge on any atom is -0.409 e. The van der Waals surface area contributed by atoms with Crippen LogP contribution in [0.3, 0.4) is 0 Å². The topological polar surface area (TPSA) is 87.7 Å². The number of hydrogen-bond acceptors (Lipinski definition) is 4. The summed E-state index contributed by atoms with van der Waals surface area (Å²) in [5, 5.41) is 17.2. The van der Waals surface area contributed by atoms with Gasteiger partial charge in [-0.15, -0.1) is 11.3 Å². The lowest BCUT2D eigenvalue weighted by Crippen LogP contribution is -2.50. The number of nitrogens with zero attached hydrogens (tertiary/aromatic N) is 1. The molecule has 6 heteroatoms. The molecule has 0 aliphatic carbocycles. The Hall–Kier alpha value is -1.56. The molecule has 0 aliphatic heterocycles. The quantitative estimate of drug-likeness (QED) is 0.298.